The summed E-state index contributed by atoms with van der Waals surface area (Å²) in [5, 5.41) is 8.99. The van der Waals surface area contributed by atoms with E-state index in [9.17, 15) is 0 Å². The SMILES string of the molecule is CC(C)CCN1CCCC(N2CCC(C#N)C2)C1. The van der Waals surface area contributed by atoms with E-state index in [-0.39, 0.29) is 5.92 Å². The van der Waals surface area contributed by atoms with Crippen LogP contribution in [0.2, 0.25) is 0 Å². The van der Waals surface area contributed by atoms with E-state index in [0.29, 0.717) is 6.04 Å². The monoisotopic (exact) mass is 249 g/mol. The largest absolute Gasteiger partial charge is 0.302 e. The maximum atomic E-state index is 8.99. The highest BCUT2D eigenvalue weighted by molar-refractivity contribution is 4.94. The maximum Gasteiger partial charge on any atom is 0.0669 e. The van der Waals surface area contributed by atoms with E-state index in [4.69, 9.17) is 5.26 Å². The summed E-state index contributed by atoms with van der Waals surface area (Å²) in [6, 6.07) is 3.14. The minimum Gasteiger partial charge on any atom is -0.302 e. The molecule has 0 aliphatic carbocycles. The van der Waals surface area contributed by atoms with Crippen molar-refractivity contribution >= 4 is 0 Å². The van der Waals surface area contributed by atoms with Gasteiger partial charge in [-0.3, -0.25) is 4.90 Å². The highest BCUT2D eigenvalue weighted by Crippen LogP contribution is 2.23. The fraction of sp³-hybridized carbons (Fsp3) is 0.933. The molecule has 0 spiro atoms. The molecule has 0 bridgehead atoms. The third kappa shape index (κ3) is 3.70. The van der Waals surface area contributed by atoms with Crippen molar-refractivity contribution in [1.82, 2.24) is 9.80 Å². The summed E-state index contributed by atoms with van der Waals surface area (Å²) in [6.45, 7) is 10.5. The Morgan fingerprint density at radius 1 is 1.22 bits per heavy atom. The van der Waals surface area contributed by atoms with Gasteiger partial charge in [-0.25, -0.2) is 0 Å². The molecular weight excluding hydrogens is 222 g/mol. The Kier molecular flexibility index (Phi) is 5.03. The third-order valence-electron chi connectivity index (χ3n) is 4.42. The lowest BCUT2D eigenvalue weighted by Gasteiger charge is -2.37. The molecule has 0 amide bonds. The van der Waals surface area contributed by atoms with Gasteiger partial charge in [0.25, 0.3) is 0 Å². The quantitative estimate of drug-likeness (QED) is 0.766. The van der Waals surface area contributed by atoms with Crippen LogP contribution < -0.4 is 0 Å². The van der Waals surface area contributed by atoms with Gasteiger partial charge in [-0.15, -0.1) is 0 Å². The summed E-state index contributed by atoms with van der Waals surface area (Å²) in [6.07, 6.45) is 5.05. The lowest BCUT2D eigenvalue weighted by Crippen LogP contribution is -2.47. The van der Waals surface area contributed by atoms with Gasteiger partial charge in [-0.05, 0) is 51.2 Å². The van der Waals surface area contributed by atoms with Crippen LogP contribution >= 0.6 is 0 Å². The van der Waals surface area contributed by atoms with Gasteiger partial charge in [-0.2, -0.15) is 5.26 Å². The third-order valence-corrected chi connectivity index (χ3v) is 4.42. The van der Waals surface area contributed by atoms with E-state index in [0.717, 1.165) is 25.4 Å². The van der Waals surface area contributed by atoms with Crippen molar-refractivity contribution < 1.29 is 0 Å². The summed E-state index contributed by atoms with van der Waals surface area (Å²) >= 11 is 0. The van der Waals surface area contributed by atoms with Gasteiger partial charge in [-0.1, -0.05) is 13.8 Å². The number of hydrogen-bond donors (Lipinski definition) is 0. The van der Waals surface area contributed by atoms with E-state index < -0.39 is 0 Å². The molecule has 2 aliphatic rings. The van der Waals surface area contributed by atoms with Crippen LogP contribution in [-0.2, 0) is 0 Å². The van der Waals surface area contributed by atoms with Crippen molar-refractivity contribution in [3.63, 3.8) is 0 Å². The number of likely N-dealkylation sites (tertiary alicyclic amines) is 2. The number of rotatable bonds is 4. The smallest absolute Gasteiger partial charge is 0.0669 e. The van der Waals surface area contributed by atoms with E-state index in [2.05, 4.69) is 29.7 Å². The van der Waals surface area contributed by atoms with Crippen LogP contribution in [0.15, 0.2) is 0 Å². The van der Waals surface area contributed by atoms with Crippen LogP contribution in [-0.4, -0.2) is 48.6 Å². The molecule has 18 heavy (non-hydrogen) atoms. The van der Waals surface area contributed by atoms with Crippen LogP contribution in [0.25, 0.3) is 0 Å². The zero-order chi connectivity index (χ0) is 13.0. The Balaban J connectivity index is 1.78. The van der Waals surface area contributed by atoms with Gasteiger partial charge in [0, 0.05) is 19.1 Å². The minimum absolute atomic E-state index is 0.288. The van der Waals surface area contributed by atoms with Crippen LogP contribution in [0, 0.1) is 23.2 Å². The second-order valence-electron chi connectivity index (χ2n) is 6.39. The molecule has 3 nitrogen and oxygen atoms in total. The molecule has 2 fully saturated rings. The average molecular weight is 249 g/mol. The molecule has 2 saturated heterocycles. The van der Waals surface area contributed by atoms with Crippen LogP contribution in [0.5, 0.6) is 0 Å². The van der Waals surface area contributed by atoms with Crippen molar-refractivity contribution in [3.8, 4) is 6.07 Å². The summed E-state index contributed by atoms with van der Waals surface area (Å²) in [7, 11) is 0. The summed E-state index contributed by atoms with van der Waals surface area (Å²) in [5.41, 5.74) is 0. The van der Waals surface area contributed by atoms with Crippen LogP contribution in [0.4, 0.5) is 0 Å². The van der Waals surface area contributed by atoms with Crippen LogP contribution in [0.1, 0.15) is 39.5 Å². The molecule has 0 aromatic carbocycles. The first-order valence-corrected chi connectivity index (χ1v) is 7.55. The Hall–Kier alpha value is -0.590. The maximum absolute atomic E-state index is 8.99. The zero-order valence-electron chi connectivity index (χ0n) is 11.9. The predicted molar refractivity (Wildman–Crippen MR) is 74.2 cm³/mol. The molecule has 0 aromatic rings. The molecular formula is C15H27N3. The molecule has 2 unspecified atom stereocenters. The topological polar surface area (TPSA) is 30.3 Å². The number of hydrogen-bond acceptors (Lipinski definition) is 3. The average Bonchev–Trinajstić information content (AvgIpc) is 2.85. The van der Waals surface area contributed by atoms with Gasteiger partial charge in [0.05, 0.1) is 12.0 Å². The molecule has 0 N–H and O–H groups in total. The fourth-order valence-electron chi connectivity index (χ4n) is 3.20. The van der Waals surface area contributed by atoms with Crippen molar-refractivity contribution in [3.05, 3.63) is 0 Å². The van der Waals surface area contributed by atoms with Crippen molar-refractivity contribution in [1.29, 1.82) is 5.26 Å². The van der Waals surface area contributed by atoms with E-state index in [1.54, 1.807) is 0 Å². The molecule has 0 radical (unpaired) electrons. The van der Waals surface area contributed by atoms with E-state index in [1.807, 2.05) is 0 Å². The fourth-order valence-corrected chi connectivity index (χ4v) is 3.20. The molecule has 2 rings (SSSR count). The first kappa shape index (κ1) is 13.8. The first-order chi connectivity index (χ1) is 8.69. The Morgan fingerprint density at radius 3 is 2.72 bits per heavy atom. The first-order valence-electron chi connectivity index (χ1n) is 7.55. The highest BCUT2D eigenvalue weighted by Gasteiger charge is 2.30. The summed E-state index contributed by atoms with van der Waals surface area (Å²) < 4.78 is 0. The molecule has 0 aromatic heterocycles. The van der Waals surface area contributed by atoms with Gasteiger partial charge in [0.2, 0.25) is 0 Å². The second kappa shape index (κ2) is 6.54. The van der Waals surface area contributed by atoms with E-state index in [1.165, 1.54) is 38.9 Å². The van der Waals surface area contributed by atoms with Crippen LogP contribution in [0.3, 0.4) is 0 Å². The normalized spacial score (nSPS) is 30.8. The summed E-state index contributed by atoms with van der Waals surface area (Å²) in [4.78, 5) is 5.20. The van der Waals surface area contributed by atoms with Gasteiger partial charge in [0.15, 0.2) is 0 Å². The lowest BCUT2D eigenvalue weighted by atomic mass is 10.0. The highest BCUT2D eigenvalue weighted by atomic mass is 15.2. The number of nitriles is 1. The Morgan fingerprint density at radius 2 is 2.06 bits per heavy atom. The molecule has 2 heterocycles. The minimum atomic E-state index is 0.288. The summed E-state index contributed by atoms with van der Waals surface area (Å²) in [5.74, 6) is 1.09. The molecule has 0 saturated carbocycles. The second-order valence-corrected chi connectivity index (χ2v) is 6.39. The molecule has 102 valence electrons. The van der Waals surface area contributed by atoms with Crippen molar-refractivity contribution in [2.75, 3.05) is 32.7 Å². The number of piperidine rings is 1. The van der Waals surface area contributed by atoms with Crippen molar-refractivity contribution in [2.24, 2.45) is 11.8 Å². The number of nitrogens with zero attached hydrogens (tertiary/aromatic N) is 3. The molecule has 2 aliphatic heterocycles. The van der Waals surface area contributed by atoms with Crippen molar-refractivity contribution in [2.45, 2.75) is 45.6 Å². The standard InChI is InChI=1S/C15H27N3/c1-13(2)5-8-17-7-3-4-15(12-17)18-9-6-14(10-16)11-18/h13-15H,3-9,11-12H2,1-2H3. The predicted octanol–water partition coefficient (Wildman–Crippen LogP) is 2.34. The Bertz CT molecular complexity index is 295. The van der Waals surface area contributed by atoms with E-state index >= 15 is 0 Å². The van der Waals surface area contributed by atoms with Gasteiger partial charge >= 0.3 is 0 Å². The molecule has 2 atom stereocenters. The lowest BCUT2D eigenvalue weighted by molar-refractivity contribution is 0.110. The van der Waals surface area contributed by atoms with Gasteiger partial charge in [0.1, 0.15) is 0 Å². The Labute approximate surface area is 112 Å². The molecule has 3 heteroatoms. The zero-order valence-corrected chi connectivity index (χ0v) is 11.9. The van der Waals surface area contributed by atoms with Gasteiger partial charge < -0.3 is 4.90 Å².